The van der Waals surface area contributed by atoms with E-state index in [0.29, 0.717) is 6.54 Å². The predicted molar refractivity (Wildman–Crippen MR) is 72.8 cm³/mol. The first-order valence-corrected chi connectivity index (χ1v) is 6.76. The summed E-state index contributed by atoms with van der Waals surface area (Å²) >= 11 is 1.68. The minimum Gasteiger partial charge on any atom is -0.354 e. The maximum Gasteiger partial charge on any atom is 0.216 e. The molecule has 1 unspecified atom stereocenters. The Kier molecular flexibility index (Phi) is 3.81. The van der Waals surface area contributed by atoms with Crippen LogP contribution in [0.1, 0.15) is 29.2 Å². The first kappa shape index (κ1) is 12.8. The standard InChI is InChI=1S/C13H17N3OS/c1-9-7-10(2)16(15-9)12(8-14-11(3)17)13-5-4-6-18-13/h4-7,12H,8H2,1-3H3,(H,14,17). The number of nitrogens with one attached hydrogen (secondary N) is 1. The molecule has 5 heteroatoms. The van der Waals surface area contributed by atoms with Crippen molar-refractivity contribution in [1.29, 1.82) is 0 Å². The van der Waals surface area contributed by atoms with Crippen molar-refractivity contribution >= 4 is 17.2 Å². The molecule has 1 amide bonds. The maximum absolute atomic E-state index is 11.1. The van der Waals surface area contributed by atoms with E-state index in [4.69, 9.17) is 0 Å². The first-order chi connectivity index (χ1) is 8.58. The number of thiophene rings is 1. The lowest BCUT2D eigenvalue weighted by Crippen LogP contribution is -2.30. The number of nitrogens with zero attached hydrogens (tertiary/aromatic N) is 2. The second kappa shape index (κ2) is 5.35. The SMILES string of the molecule is CC(=O)NCC(c1cccs1)n1nc(C)cc1C. The van der Waals surface area contributed by atoms with Crippen molar-refractivity contribution in [2.45, 2.75) is 26.8 Å². The number of carbonyl (C=O) groups is 1. The molecule has 0 bridgehead atoms. The van der Waals surface area contributed by atoms with E-state index in [9.17, 15) is 4.79 Å². The summed E-state index contributed by atoms with van der Waals surface area (Å²) in [6, 6.07) is 6.22. The number of amides is 1. The van der Waals surface area contributed by atoms with Gasteiger partial charge in [-0.15, -0.1) is 11.3 Å². The molecule has 1 atom stereocenters. The first-order valence-electron chi connectivity index (χ1n) is 5.88. The number of hydrogen-bond acceptors (Lipinski definition) is 3. The molecule has 96 valence electrons. The third kappa shape index (κ3) is 2.79. The fourth-order valence-electron chi connectivity index (χ4n) is 1.99. The van der Waals surface area contributed by atoms with Gasteiger partial charge in [0.1, 0.15) is 6.04 Å². The zero-order valence-corrected chi connectivity index (χ0v) is 11.6. The van der Waals surface area contributed by atoms with E-state index in [1.165, 1.54) is 11.8 Å². The molecule has 4 nitrogen and oxygen atoms in total. The molecule has 0 saturated carbocycles. The number of aryl methyl sites for hydroxylation is 2. The van der Waals surface area contributed by atoms with E-state index >= 15 is 0 Å². The van der Waals surface area contributed by atoms with Crippen molar-refractivity contribution in [2.75, 3.05) is 6.54 Å². The van der Waals surface area contributed by atoms with E-state index in [2.05, 4.69) is 16.5 Å². The molecule has 18 heavy (non-hydrogen) atoms. The molecular formula is C13H17N3OS. The van der Waals surface area contributed by atoms with Gasteiger partial charge in [-0.1, -0.05) is 6.07 Å². The van der Waals surface area contributed by atoms with Crippen molar-refractivity contribution in [3.8, 4) is 0 Å². The van der Waals surface area contributed by atoms with Crippen LogP contribution in [-0.4, -0.2) is 22.2 Å². The van der Waals surface area contributed by atoms with E-state index in [-0.39, 0.29) is 11.9 Å². The van der Waals surface area contributed by atoms with Crippen LogP contribution in [0.5, 0.6) is 0 Å². The van der Waals surface area contributed by atoms with E-state index in [1.807, 2.05) is 36.0 Å². The Hall–Kier alpha value is -1.62. The molecule has 2 heterocycles. The average Bonchev–Trinajstić information content (AvgIpc) is 2.90. The Morgan fingerprint density at radius 2 is 2.33 bits per heavy atom. The lowest BCUT2D eigenvalue weighted by Gasteiger charge is -2.18. The van der Waals surface area contributed by atoms with Gasteiger partial charge in [0.05, 0.1) is 5.69 Å². The van der Waals surface area contributed by atoms with Gasteiger partial charge < -0.3 is 5.32 Å². The summed E-state index contributed by atoms with van der Waals surface area (Å²) in [7, 11) is 0. The van der Waals surface area contributed by atoms with Crippen LogP contribution in [0.4, 0.5) is 0 Å². The average molecular weight is 263 g/mol. The number of rotatable bonds is 4. The molecule has 0 aliphatic rings. The number of aromatic nitrogens is 2. The normalized spacial score (nSPS) is 12.4. The van der Waals surface area contributed by atoms with Gasteiger partial charge in [-0.2, -0.15) is 5.10 Å². The maximum atomic E-state index is 11.1. The highest BCUT2D eigenvalue weighted by Gasteiger charge is 2.18. The van der Waals surface area contributed by atoms with Crippen molar-refractivity contribution in [3.05, 3.63) is 39.8 Å². The second-order valence-electron chi connectivity index (χ2n) is 4.34. The molecule has 0 saturated heterocycles. The highest BCUT2D eigenvalue weighted by molar-refractivity contribution is 7.10. The Balaban J connectivity index is 2.30. The Morgan fingerprint density at radius 1 is 1.56 bits per heavy atom. The van der Waals surface area contributed by atoms with Crippen molar-refractivity contribution in [1.82, 2.24) is 15.1 Å². The van der Waals surface area contributed by atoms with Crippen LogP contribution in [0.2, 0.25) is 0 Å². The predicted octanol–water partition coefficient (Wildman–Crippen LogP) is 2.29. The van der Waals surface area contributed by atoms with Gasteiger partial charge in [0.2, 0.25) is 5.91 Å². The summed E-state index contributed by atoms with van der Waals surface area (Å²) in [5.41, 5.74) is 2.10. The van der Waals surface area contributed by atoms with E-state index in [0.717, 1.165) is 11.4 Å². The molecule has 0 aliphatic heterocycles. The molecule has 0 spiro atoms. The van der Waals surface area contributed by atoms with Crippen molar-refractivity contribution in [2.24, 2.45) is 0 Å². The monoisotopic (exact) mass is 263 g/mol. The fourth-order valence-corrected chi connectivity index (χ4v) is 2.80. The van der Waals surface area contributed by atoms with Gasteiger partial charge in [0, 0.05) is 24.0 Å². The van der Waals surface area contributed by atoms with E-state index < -0.39 is 0 Å². The molecule has 0 radical (unpaired) electrons. The largest absolute Gasteiger partial charge is 0.354 e. The Labute approximate surface area is 111 Å². The zero-order chi connectivity index (χ0) is 13.1. The fraction of sp³-hybridized carbons (Fsp3) is 0.385. The topological polar surface area (TPSA) is 46.9 Å². The minimum absolute atomic E-state index is 0.0157. The van der Waals surface area contributed by atoms with Crippen LogP contribution in [0.25, 0.3) is 0 Å². The van der Waals surface area contributed by atoms with Crippen LogP contribution in [0, 0.1) is 13.8 Å². The Bertz CT molecular complexity index is 530. The van der Waals surface area contributed by atoms with Gasteiger partial charge in [-0.25, -0.2) is 0 Å². The molecule has 1 N–H and O–H groups in total. The summed E-state index contributed by atoms with van der Waals surface area (Å²) < 4.78 is 1.98. The smallest absolute Gasteiger partial charge is 0.216 e. The molecule has 0 aliphatic carbocycles. The molecular weight excluding hydrogens is 246 g/mol. The lowest BCUT2D eigenvalue weighted by molar-refractivity contribution is -0.119. The lowest BCUT2D eigenvalue weighted by atomic mass is 10.2. The van der Waals surface area contributed by atoms with Crippen molar-refractivity contribution in [3.63, 3.8) is 0 Å². The summed E-state index contributed by atoms with van der Waals surface area (Å²) in [4.78, 5) is 12.3. The third-order valence-corrected chi connectivity index (χ3v) is 3.73. The van der Waals surface area contributed by atoms with Crippen LogP contribution >= 0.6 is 11.3 Å². The van der Waals surface area contributed by atoms with Crippen LogP contribution in [-0.2, 0) is 4.79 Å². The van der Waals surface area contributed by atoms with Crippen molar-refractivity contribution < 1.29 is 4.79 Å². The number of carbonyl (C=O) groups excluding carboxylic acids is 1. The summed E-state index contributed by atoms with van der Waals surface area (Å²) in [5, 5.41) is 9.44. The van der Waals surface area contributed by atoms with Gasteiger partial charge in [-0.3, -0.25) is 9.48 Å². The Morgan fingerprint density at radius 3 is 2.83 bits per heavy atom. The summed E-state index contributed by atoms with van der Waals surface area (Å²) in [5.74, 6) is -0.0157. The van der Waals surface area contributed by atoms with Gasteiger partial charge >= 0.3 is 0 Å². The quantitative estimate of drug-likeness (QED) is 0.920. The molecule has 2 aromatic rings. The molecule has 0 aromatic carbocycles. The van der Waals surface area contributed by atoms with Gasteiger partial charge in [0.25, 0.3) is 0 Å². The summed E-state index contributed by atoms with van der Waals surface area (Å²) in [6.07, 6.45) is 0. The molecule has 0 fully saturated rings. The van der Waals surface area contributed by atoms with Crippen LogP contribution in [0.3, 0.4) is 0 Å². The molecule has 2 aromatic heterocycles. The van der Waals surface area contributed by atoms with Gasteiger partial charge in [-0.05, 0) is 31.4 Å². The second-order valence-corrected chi connectivity index (χ2v) is 5.32. The highest BCUT2D eigenvalue weighted by atomic mass is 32.1. The van der Waals surface area contributed by atoms with Gasteiger partial charge in [0.15, 0.2) is 0 Å². The number of hydrogen-bond donors (Lipinski definition) is 1. The highest BCUT2D eigenvalue weighted by Crippen LogP contribution is 2.23. The van der Waals surface area contributed by atoms with E-state index in [1.54, 1.807) is 11.3 Å². The van der Waals surface area contributed by atoms with Crippen LogP contribution in [0.15, 0.2) is 23.6 Å². The zero-order valence-electron chi connectivity index (χ0n) is 10.8. The minimum atomic E-state index is -0.0157. The third-order valence-electron chi connectivity index (χ3n) is 2.76. The summed E-state index contributed by atoms with van der Waals surface area (Å²) in [6.45, 7) is 6.12. The molecule has 2 rings (SSSR count). The van der Waals surface area contributed by atoms with Crippen LogP contribution < -0.4 is 5.32 Å².